The first kappa shape index (κ1) is 18.5. The van der Waals surface area contributed by atoms with Gasteiger partial charge in [0.1, 0.15) is 10.7 Å². The molecule has 0 radical (unpaired) electrons. The summed E-state index contributed by atoms with van der Waals surface area (Å²) < 4.78 is 11.9. The van der Waals surface area contributed by atoms with E-state index in [1.54, 1.807) is 23.0 Å². The Hall–Kier alpha value is -1.29. The summed E-state index contributed by atoms with van der Waals surface area (Å²) in [5.41, 5.74) is 1.05. The zero-order valence-electron chi connectivity index (χ0n) is 14.8. The van der Waals surface area contributed by atoms with Gasteiger partial charge in [0.2, 0.25) is 0 Å². The molecule has 9 heteroatoms. The molecular formula is C16H20N4O2S3. The molecule has 3 aromatic heterocycles. The van der Waals surface area contributed by atoms with E-state index in [2.05, 4.69) is 9.36 Å². The van der Waals surface area contributed by atoms with Gasteiger partial charge in [-0.2, -0.15) is 4.37 Å². The van der Waals surface area contributed by atoms with Crippen LogP contribution in [0.25, 0.3) is 10.2 Å². The number of thiophene rings is 1. The lowest BCUT2D eigenvalue weighted by molar-refractivity contribution is 0.200. The molecule has 0 aliphatic rings. The lowest BCUT2D eigenvalue weighted by Crippen LogP contribution is -2.24. The first-order valence-electron chi connectivity index (χ1n) is 7.94. The quantitative estimate of drug-likeness (QED) is 0.590. The topological polar surface area (TPSA) is 69.9 Å². The summed E-state index contributed by atoms with van der Waals surface area (Å²) >= 11 is 4.30. The fourth-order valence-electron chi connectivity index (χ4n) is 2.47. The number of aromatic nitrogens is 4. The van der Waals surface area contributed by atoms with Crippen LogP contribution in [0.4, 0.5) is 0 Å². The third-order valence-electron chi connectivity index (χ3n) is 3.88. The molecule has 0 fully saturated rings. The average Bonchev–Trinajstić information content (AvgIpc) is 3.10. The summed E-state index contributed by atoms with van der Waals surface area (Å²) in [6.45, 7) is 8.60. The molecule has 0 aromatic carbocycles. The molecule has 3 heterocycles. The van der Waals surface area contributed by atoms with Crippen LogP contribution in [0.3, 0.4) is 0 Å². The minimum Gasteiger partial charge on any atom is -0.384 e. The first-order chi connectivity index (χ1) is 11.9. The molecular weight excluding hydrogens is 376 g/mol. The largest absolute Gasteiger partial charge is 0.384 e. The molecule has 0 aliphatic carbocycles. The van der Waals surface area contributed by atoms with Gasteiger partial charge in [-0.1, -0.05) is 0 Å². The zero-order chi connectivity index (χ0) is 18.1. The highest BCUT2D eigenvalue weighted by Gasteiger charge is 2.20. The highest BCUT2D eigenvalue weighted by Crippen LogP contribution is 2.33. The van der Waals surface area contributed by atoms with Crippen LogP contribution in [-0.4, -0.2) is 32.6 Å². The highest BCUT2D eigenvalue weighted by atomic mass is 32.2. The van der Waals surface area contributed by atoms with Crippen molar-refractivity contribution in [1.29, 1.82) is 0 Å². The summed E-state index contributed by atoms with van der Waals surface area (Å²) in [6, 6.07) is 0.0207. The smallest absolute Gasteiger partial charge is 0.263 e. The molecule has 134 valence electrons. The molecule has 6 nitrogen and oxygen atoms in total. The summed E-state index contributed by atoms with van der Waals surface area (Å²) in [7, 11) is 1.66. The maximum atomic E-state index is 13.0. The summed E-state index contributed by atoms with van der Waals surface area (Å²) in [5, 5.41) is 1.40. The predicted molar refractivity (Wildman–Crippen MR) is 103 cm³/mol. The van der Waals surface area contributed by atoms with E-state index in [9.17, 15) is 4.79 Å². The Morgan fingerprint density at radius 1 is 1.28 bits per heavy atom. The molecule has 0 amide bonds. The Bertz CT molecular complexity index is 958. The second kappa shape index (κ2) is 7.53. The van der Waals surface area contributed by atoms with Crippen molar-refractivity contribution in [2.24, 2.45) is 0 Å². The third-order valence-corrected chi connectivity index (χ3v) is 6.74. The predicted octanol–water partition coefficient (Wildman–Crippen LogP) is 3.85. The van der Waals surface area contributed by atoms with Crippen molar-refractivity contribution in [2.45, 2.75) is 49.7 Å². The number of hydrogen-bond donors (Lipinski definition) is 0. The van der Waals surface area contributed by atoms with Gasteiger partial charge in [0.05, 0.1) is 12.0 Å². The third kappa shape index (κ3) is 3.64. The number of fused-ring (bicyclic) bond motifs is 1. The molecule has 0 aliphatic heterocycles. The van der Waals surface area contributed by atoms with Crippen LogP contribution in [0.1, 0.15) is 36.2 Å². The molecule has 25 heavy (non-hydrogen) atoms. The first-order valence-corrected chi connectivity index (χ1v) is 10.3. The van der Waals surface area contributed by atoms with Gasteiger partial charge >= 0.3 is 0 Å². The van der Waals surface area contributed by atoms with Crippen molar-refractivity contribution in [3.8, 4) is 0 Å². The molecule has 3 aromatic rings. The van der Waals surface area contributed by atoms with Crippen LogP contribution in [0.2, 0.25) is 0 Å². The Morgan fingerprint density at radius 2 is 2.04 bits per heavy atom. The molecule has 0 spiro atoms. The molecule has 0 unspecified atom stereocenters. The summed E-state index contributed by atoms with van der Waals surface area (Å²) in [6.07, 6.45) is 0.681. The van der Waals surface area contributed by atoms with E-state index in [0.717, 1.165) is 30.8 Å². The van der Waals surface area contributed by atoms with Crippen LogP contribution in [0.15, 0.2) is 14.3 Å². The minimum absolute atomic E-state index is 0.0207. The van der Waals surface area contributed by atoms with E-state index in [1.807, 2.05) is 27.7 Å². The van der Waals surface area contributed by atoms with Gasteiger partial charge < -0.3 is 4.74 Å². The van der Waals surface area contributed by atoms with E-state index in [1.165, 1.54) is 23.3 Å². The van der Waals surface area contributed by atoms with Crippen LogP contribution >= 0.6 is 34.6 Å². The van der Waals surface area contributed by atoms with E-state index in [-0.39, 0.29) is 11.6 Å². The molecule has 0 N–H and O–H groups in total. The fraction of sp³-hybridized carbons (Fsp3) is 0.500. The molecule has 0 atom stereocenters. The van der Waals surface area contributed by atoms with Crippen molar-refractivity contribution in [1.82, 2.24) is 18.9 Å². The number of ether oxygens (including phenoxy) is 1. The number of hydrogen-bond acceptors (Lipinski definition) is 8. The second-order valence-corrected chi connectivity index (χ2v) is 9.12. The van der Waals surface area contributed by atoms with Crippen LogP contribution in [0.5, 0.6) is 0 Å². The average molecular weight is 397 g/mol. The SMILES string of the molecule is COCCc1nsc(Sc2nc3sc(C)c(C)c3c(=O)n2C(C)C)n1. The number of aryl methyl sites for hydroxylation is 2. The zero-order valence-corrected chi connectivity index (χ0v) is 17.3. The molecule has 3 rings (SSSR count). The lowest BCUT2D eigenvalue weighted by Gasteiger charge is -2.14. The highest BCUT2D eigenvalue weighted by molar-refractivity contribution is 8.00. The molecule has 0 bridgehead atoms. The maximum absolute atomic E-state index is 13.0. The van der Waals surface area contributed by atoms with Gasteiger partial charge in [0.25, 0.3) is 5.56 Å². The van der Waals surface area contributed by atoms with Gasteiger partial charge in [-0.15, -0.1) is 11.3 Å². The lowest BCUT2D eigenvalue weighted by atomic mass is 10.2. The number of nitrogens with zero attached hydrogens (tertiary/aromatic N) is 4. The van der Waals surface area contributed by atoms with Crippen molar-refractivity contribution in [3.05, 3.63) is 26.6 Å². The van der Waals surface area contributed by atoms with Gasteiger partial charge in [0.15, 0.2) is 9.50 Å². The maximum Gasteiger partial charge on any atom is 0.263 e. The molecule has 0 saturated heterocycles. The second-order valence-electron chi connectivity index (χ2n) is 5.95. The standard InChI is InChI=1S/C16H20N4O2S3/c1-8(2)20-14(21)12-9(3)10(4)23-13(12)18-15(20)24-16-17-11(19-25-16)6-7-22-5/h8H,6-7H2,1-5H3. The normalized spacial score (nSPS) is 11.8. The molecule has 0 saturated carbocycles. The van der Waals surface area contributed by atoms with Crippen molar-refractivity contribution in [2.75, 3.05) is 13.7 Å². The van der Waals surface area contributed by atoms with Gasteiger partial charge in [0, 0.05) is 24.4 Å². The van der Waals surface area contributed by atoms with Crippen LogP contribution in [0, 0.1) is 13.8 Å². The van der Waals surface area contributed by atoms with E-state index in [0.29, 0.717) is 18.2 Å². The van der Waals surface area contributed by atoms with E-state index >= 15 is 0 Å². The van der Waals surface area contributed by atoms with Crippen LogP contribution < -0.4 is 5.56 Å². The van der Waals surface area contributed by atoms with Crippen LogP contribution in [-0.2, 0) is 11.2 Å². The number of rotatable bonds is 6. The Morgan fingerprint density at radius 3 is 2.72 bits per heavy atom. The van der Waals surface area contributed by atoms with E-state index < -0.39 is 0 Å². The minimum atomic E-state index is 0.0207. The van der Waals surface area contributed by atoms with Gasteiger partial charge in [-0.25, -0.2) is 9.97 Å². The van der Waals surface area contributed by atoms with Crippen molar-refractivity contribution in [3.63, 3.8) is 0 Å². The van der Waals surface area contributed by atoms with Crippen molar-refractivity contribution < 1.29 is 4.74 Å². The van der Waals surface area contributed by atoms with Crippen molar-refractivity contribution >= 4 is 44.8 Å². The Balaban J connectivity index is 2.04. The van der Waals surface area contributed by atoms with Gasteiger partial charge in [-0.3, -0.25) is 9.36 Å². The fourth-order valence-corrected chi connectivity index (χ4v) is 5.33. The summed E-state index contributed by atoms with van der Waals surface area (Å²) in [5.74, 6) is 0.761. The van der Waals surface area contributed by atoms with Gasteiger partial charge in [-0.05, 0) is 56.6 Å². The number of methoxy groups -OCH3 is 1. The summed E-state index contributed by atoms with van der Waals surface area (Å²) in [4.78, 5) is 24.2. The monoisotopic (exact) mass is 396 g/mol. The Labute approximate surface area is 158 Å². The van der Waals surface area contributed by atoms with E-state index in [4.69, 9.17) is 9.72 Å². The Kier molecular flexibility index (Phi) is 5.57.